The third-order valence-electron chi connectivity index (χ3n) is 4.11. The molecule has 1 aromatic carbocycles. The van der Waals surface area contributed by atoms with Gasteiger partial charge in [-0.3, -0.25) is 4.79 Å². The van der Waals surface area contributed by atoms with Crippen molar-refractivity contribution >= 4 is 5.97 Å². The van der Waals surface area contributed by atoms with Crippen LogP contribution in [0.25, 0.3) is 0 Å². The third-order valence-corrected chi connectivity index (χ3v) is 4.11. The SMILES string of the molecule is C[C@H](C(=O)OCc1ccccc1)[C@@H]1CCCC[C@@H]1N. The van der Waals surface area contributed by atoms with E-state index in [1.165, 1.54) is 12.8 Å². The number of benzene rings is 1. The fourth-order valence-corrected chi connectivity index (χ4v) is 2.84. The smallest absolute Gasteiger partial charge is 0.309 e. The molecule has 1 aliphatic rings. The minimum Gasteiger partial charge on any atom is -0.461 e. The Bertz CT molecular complexity index is 404. The quantitative estimate of drug-likeness (QED) is 0.848. The summed E-state index contributed by atoms with van der Waals surface area (Å²) in [5, 5.41) is 0. The summed E-state index contributed by atoms with van der Waals surface area (Å²) in [6.45, 7) is 2.30. The lowest BCUT2D eigenvalue weighted by Gasteiger charge is -2.32. The standard InChI is InChI=1S/C16H23NO2/c1-12(14-9-5-6-10-15(14)17)16(18)19-11-13-7-3-2-4-8-13/h2-4,7-8,12,14-15H,5-6,9-11,17H2,1H3/t12-,14-,15-/m0/s1. The molecule has 0 spiro atoms. The van der Waals surface area contributed by atoms with Crippen molar-refractivity contribution in [3.05, 3.63) is 35.9 Å². The number of hydrogen-bond acceptors (Lipinski definition) is 3. The molecule has 3 atom stereocenters. The molecule has 0 aliphatic heterocycles. The summed E-state index contributed by atoms with van der Waals surface area (Å²) in [4.78, 5) is 12.1. The Labute approximate surface area is 115 Å². The van der Waals surface area contributed by atoms with Crippen molar-refractivity contribution in [3.63, 3.8) is 0 Å². The van der Waals surface area contributed by atoms with Gasteiger partial charge in [0.25, 0.3) is 0 Å². The molecule has 0 radical (unpaired) electrons. The van der Waals surface area contributed by atoms with E-state index in [1.54, 1.807) is 0 Å². The summed E-state index contributed by atoms with van der Waals surface area (Å²) in [5.41, 5.74) is 7.14. The van der Waals surface area contributed by atoms with Gasteiger partial charge in [0.1, 0.15) is 6.61 Å². The molecular weight excluding hydrogens is 238 g/mol. The third kappa shape index (κ3) is 3.80. The maximum atomic E-state index is 12.1. The molecule has 3 nitrogen and oxygen atoms in total. The topological polar surface area (TPSA) is 52.3 Å². The van der Waals surface area contributed by atoms with Crippen LogP contribution < -0.4 is 5.73 Å². The Hall–Kier alpha value is -1.35. The molecule has 1 aliphatic carbocycles. The highest BCUT2D eigenvalue weighted by molar-refractivity contribution is 5.72. The van der Waals surface area contributed by atoms with Crippen molar-refractivity contribution in [1.82, 2.24) is 0 Å². The van der Waals surface area contributed by atoms with E-state index >= 15 is 0 Å². The first-order valence-corrected chi connectivity index (χ1v) is 7.14. The second-order valence-corrected chi connectivity index (χ2v) is 5.49. The summed E-state index contributed by atoms with van der Waals surface area (Å²) >= 11 is 0. The average molecular weight is 261 g/mol. The highest BCUT2D eigenvalue weighted by Crippen LogP contribution is 2.30. The minimum atomic E-state index is -0.119. The number of carbonyl (C=O) groups is 1. The molecule has 2 rings (SSSR count). The molecule has 1 aromatic rings. The van der Waals surface area contributed by atoms with E-state index in [-0.39, 0.29) is 23.8 Å². The minimum absolute atomic E-state index is 0.0981. The number of nitrogens with two attached hydrogens (primary N) is 1. The van der Waals surface area contributed by atoms with Gasteiger partial charge < -0.3 is 10.5 Å². The van der Waals surface area contributed by atoms with E-state index in [2.05, 4.69) is 0 Å². The van der Waals surface area contributed by atoms with Crippen LogP contribution in [0.1, 0.15) is 38.2 Å². The van der Waals surface area contributed by atoms with Crippen molar-refractivity contribution in [2.75, 3.05) is 0 Å². The monoisotopic (exact) mass is 261 g/mol. The van der Waals surface area contributed by atoms with Gasteiger partial charge >= 0.3 is 5.97 Å². The van der Waals surface area contributed by atoms with Crippen molar-refractivity contribution in [1.29, 1.82) is 0 Å². The van der Waals surface area contributed by atoms with Crippen LogP contribution in [0.15, 0.2) is 30.3 Å². The average Bonchev–Trinajstić information content (AvgIpc) is 2.45. The number of carbonyl (C=O) groups excluding carboxylic acids is 1. The molecule has 0 saturated heterocycles. The summed E-state index contributed by atoms with van der Waals surface area (Å²) < 4.78 is 5.40. The zero-order chi connectivity index (χ0) is 13.7. The summed E-state index contributed by atoms with van der Waals surface area (Å²) in [7, 11) is 0. The highest BCUT2D eigenvalue weighted by Gasteiger charge is 2.31. The Kier molecular flexibility index (Phi) is 4.97. The lowest BCUT2D eigenvalue weighted by molar-refractivity contribution is -0.151. The van der Waals surface area contributed by atoms with Gasteiger partial charge in [-0.1, -0.05) is 50.1 Å². The van der Waals surface area contributed by atoms with Gasteiger partial charge in [-0.05, 0) is 24.3 Å². The molecule has 0 amide bonds. The van der Waals surface area contributed by atoms with Gasteiger partial charge in [0, 0.05) is 6.04 Å². The molecule has 0 heterocycles. The van der Waals surface area contributed by atoms with E-state index in [0.29, 0.717) is 6.61 Å². The maximum Gasteiger partial charge on any atom is 0.309 e. The molecule has 3 heteroatoms. The highest BCUT2D eigenvalue weighted by atomic mass is 16.5. The molecule has 1 saturated carbocycles. The second kappa shape index (κ2) is 6.71. The van der Waals surface area contributed by atoms with Gasteiger partial charge in [0.05, 0.1) is 5.92 Å². The largest absolute Gasteiger partial charge is 0.461 e. The fourth-order valence-electron chi connectivity index (χ4n) is 2.84. The number of rotatable bonds is 4. The first-order chi connectivity index (χ1) is 9.18. The molecule has 2 N–H and O–H groups in total. The summed E-state index contributed by atoms with van der Waals surface area (Å²) in [6.07, 6.45) is 4.43. The zero-order valence-electron chi connectivity index (χ0n) is 11.5. The number of esters is 1. The van der Waals surface area contributed by atoms with E-state index < -0.39 is 0 Å². The summed E-state index contributed by atoms with van der Waals surface area (Å²) in [6, 6.07) is 9.92. The number of hydrogen-bond donors (Lipinski definition) is 1. The van der Waals surface area contributed by atoms with Crippen molar-refractivity contribution in [2.45, 2.75) is 45.3 Å². The lowest BCUT2D eigenvalue weighted by Crippen LogP contribution is -2.39. The van der Waals surface area contributed by atoms with E-state index in [1.807, 2.05) is 37.3 Å². The normalized spacial score (nSPS) is 24.7. The molecule has 104 valence electrons. The Morgan fingerprint density at radius 1 is 1.32 bits per heavy atom. The van der Waals surface area contributed by atoms with Crippen molar-refractivity contribution in [2.24, 2.45) is 17.6 Å². The number of ether oxygens (including phenoxy) is 1. The van der Waals surface area contributed by atoms with Crippen LogP contribution >= 0.6 is 0 Å². The Balaban J connectivity index is 1.85. The fraction of sp³-hybridized carbons (Fsp3) is 0.562. The molecule has 19 heavy (non-hydrogen) atoms. The van der Waals surface area contributed by atoms with E-state index in [9.17, 15) is 4.79 Å². The first-order valence-electron chi connectivity index (χ1n) is 7.14. The van der Waals surface area contributed by atoms with Crippen LogP contribution in [0.5, 0.6) is 0 Å². The van der Waals surface area contributed by atoms with Crippen LogP contribution in [-0.4, -0.2) is 12.0 Å². The van der Waals surface area contributed by atoms with Gasteiger partial charge in [0.2, 0.25) is 0 Å². The van der Waals surface area contributed by atoms with E-state index in [0.717, 1.165) is 18.4 Å². The van der Waals surface area contributed by atoms with Gasteiger partial charge in [-0.2, -0.15) is 0 Å². The van der Waals surface area contributed by atoms with Crippen LogP contribution in [0.3, 0.4) is 0 Å². The van der Waals surface area contributed by atoms with E-state index in [4.69, 9.17) is 10.5 Å². The van der Waals surface area contributed by atoms with Crippen LogP contribution in [0.4, 0.5) is 0 Å². The van der Waals surface area contributed by atoms with Gasteiger partial charge in [-0.25, -0.2) is 0 Å². The molecule has 0 aromatic heterocycles. The summed E-state index contributed by atoms with van der Waals surface area (Å²) in [5.74, 6) is 0.0576. The Morgan fingerprint density at radius 3 is 2.68 bits per heavy atom. The molecule has 1 fully saturated rings. The van der Waals surface area contributed by atoms with Crippen LogP contribution in [0, 0.1) is 11.8 Å². The van der Waals surface area contributed by atoms with Crippen LogP contribution in [-0.2, 0) is 16.1 Å². The predicted molar refractivity (Wildman–Crippen MR) is 75.3 cm³/mol. The molecular formula is C16H23NO2. The molecule has 0 bridgehead atoms. The van der Waals surface area contributed by atoms with Crippen LogP contribution in [0.2, 0.25) is 0 Å². The maximum absolute atomic E-state index is 12.1. The van der Waals surface area contributed by atoms with Gasteiger partial charge in [-0.15, -0.1) is 0 Å². The lowest BCUT2D eigenvalue weighted by atomic mass is 9.77. The van der Waals surface area contributed by atoms with Crippen molar-refractivity contribution in [3.8, 4) is 0 Å². The van der Waals surface area contributed by atoms with Crippen molar-refractivity contribution < 1.29 is 9.53 Å². The molecule has 0 unspecified atom stereocenters. The van der Waals surface area contributed by atoms with Gasteiger partial charge in [0.15, 0.2) is 0 Å². The Morgan fingerprint density at radius 2 is 2.00 bits per heavy atom. The predicted octanol–water partition coefficient (Wildman–Crippen LogP) is 2.88. The first kappa shape index (κ1) is 14.1. The second-order valence-electron chi connectivity index (χ2n) is 5.49. The zero-order valence-corrected chi connectivity index (χ0v) is 11.5.